The first-order chi connectivity index (χ1) is 26.9. The lowest BCUT2D eigenvalue weighted by Gasteiger charge is -2.44. The van der Waals surface area contributed by atoms with Crippen LogP contribution in [0.25, 0.3) is 11.2 Å². The maximum atomic E-state index is 15.0. The van der Waals surface area contributed by atoms with Gasteiger partial charge in [-0.2, -0.15) is 14.4 Å². The number of nitrogens with zero attached hydrogens (tertiary/aromatic N) is 4. The van der Waals surface area contributed by atoms with E-state index >= 15 is 4.39 Å². The fourth-order valence-corrected chi connectivity index (χ4v) is 12.4. The molecule has 1 N–H and O–H groups in total. The number of anilines is 1. The van der Waals surface area contributed by atoms with Crippen LogP contribution in [0.3, 0.4) is 0 Å². The Bertz CT molecular complexity index is 1890. The Balaban J connectivity index is 1.32. The Morgan fingerprint density at radius 1 is 0.946 bits per heavy atom. The zero-order valence-corrected chi connectivity index (χ0v) is 34.7. The lowest BCUT2D eigenvalue weighted by atomic mass is 9.98. The molecule has 2 aromatic carbocycles. The highest BCUT2D eigenvalue weighted by atomic mass is 28.4. The van der Waals surface area contributed by atoms with Crippen molar-refractivity contribution >= 4 is 47.5 Å². The van der Waals surface area contributed by atoms with Gasteiger partial charge in [0.2, 0.25) is 5.91 Å². The van der Waals surface area contributed by atoms with Crippen molar-refractivity contribution in [2.45, 2.75) is 141 Å². The fourth-order valence-electron chi connectivity index (χ4n) is 7.86. The molecule has 0 unspecified atom stereocenters. The van der Waals surface area contributed by atoms with Crippen LogP contribution in [0.5, 0.6) is 0 Å². The molecule has 1 amide bonds. The molecule has 3 atom stereocenters. The summed E-state index contributed by atoms with van der Waals surface area (Å²) in [6, 6.07) is 20.2. The van der Waals surface area contributed by atoms with Crippen LogP contribution in [-0.4, -0.2) is 58.0 Å². The maximum absolute atomic E-state index is 15.0. The number of hydrogen-bond acceptors (Lipinski definition) is 8. The quantitative estimate of drug-likeness (QED) is 0.0312. The van der Waals surface area contributed by atoms with Gasteiger partial charge in [0.05, 0.1) is 12.9 Å². The van der Waals surface area contributed by atoms with E-state index < -0.39 is 38.3 Å². The van der Waals surface area contributed by atoms with Gasteiger partial charge in [0.25, 0.3) is 8.32 Å². The van der Waals surface area contributed by atoms with Gasteiger partial charge in [0.15, 0.2) is 22.6 Å². The number of carbonyl (C=O) groups excluding carboxylic acids is 2. The van der Waals surface area contributed by atoms with Gasteiger partial charge in [-0.15, -0.1) is 6.42 Å². The van der Waals surface area contributed by atoms with Crippen LogP contribution < -0.4 is 15.7 Å². The second kappa shape index (κ2) is 19.6. The number of rotatable bonds is 20. The fraction of sp³-hybridized carbons (Fsp3) is 0.523. The van der Waals surface area contributed by atoms with Crippen LogP contribution in [0.2, 0.25) is 5.04 Å². The average Bonchev–Trinajstić information content (AvgIpc) is 3.75. The molecule has 10 nitrogen and oxygen atoms in total. The molecule has 300 valence electrons. The molecular weight excluding hydrogens is 726 g/mol. The lowest BCUT2D eigenvalue weighted by Crippen LogP contribution is -2.68. The first-order valence-electron chi connectivity index (χ1n) is 20.2. The number of benzene rings is 2. The van der Waals surface area contributed by atoms with Crippen LogP contribution in [0.15, 0.2) is 67.0 Å². The molecule has 0 spiro atoms. The van der Waals surface area contributed by atoms with Gasteiger partial charge in [-0.05, 0) is 21.8 Å². The van der Waals surface area contributed by atoms with Crippen molar-refractivity contribution in [3.05, 3.63) is 73.1 Å². The van der Waals surface area contributed by atoms with E-state index in [0.717, 1.165) is 29.6 Å². The zero-order valence-electron chi connectivity index (χ0n) is 33.7. The van der Waals surface area contributed by atoms with Crippen LogP contribution in [0.4, 0.5) is 10.2 Å². The number of aromatic nitrogens is 4. The van der Waals surface area contributed by atoms with Gasteiger partial charge in [-0.1, -0.05) is 158 Å². The number of hydrogen-bond donors (Lipinski definition) is 1. The van der Waals surface area contributed by atoms with Gasteiger partial charge in [0.1, 0.15) is 12.3 Å². The number of imidazole rings is 1. The standard InChI is InChI=1S/C44H58FN5O5Si/c1-7-9-10-11-12-13-14-15-16-17-24-29-37(52)47-40-39-41(49-42(45)48-40)50(32-46-39)38-30-36(54-33(3)51)44(8-2,55-38)31-53-56(43(4,5)6,34-25-20-18-21-26-34)35-27-22-19-23-28-35/h2,18-23,25-28,32,36,38H,7,9-17,24,29-31H2,1,3-6H3,(H,47,48,49,52)/t36-,38+,44+/m0/s1. The number of fused-ring (bicyclic) bond motifs is 1. The second-order valence-corrected chi connectivity index (χ2v) is 20.2. The Morgan fingerprint density at radius 3 is 2.05 bits per heavy atom. The molecule has 1 saturated heterocycles. The summed E-state index contributed by atoms with van der Waals surface area (Å²) in [6.07, 6.45) is 18.3. The molecule has 12 heteroatoms. The van der Waals surface area contributed by atoms with E-state index in [1.54, 1.807) is 0 Å². The minimum atomic E-state index is -3.08. The smallest absolute Gasteiger partial charge is 0.312 e. The summed E-state index contributed by atoms with van der Waals surface area (Å²) in [7, 11) is -3.08. The topological polar surface area (TPSA) is 117 Å². The number of nitrogens with one attached hydrogen (secondary N) is 1. The lowest BCUT2D eigenvalue weighted by molar-refractivity contribution is -0.155. The third-order valence-electron chi connectivity index (χ3n) is 10.7. The van der Waals surface area contributed by atoms with E-state index in [-0.39, 0.29) is 47.4 Å². The van der Waals surface area contributed by atoms with Crippen LogP contribution >= 0.6 is 0 Å². The monoisotopic (exact) mass is 783 g/mol. The SMILES string of the molecule is C#C[C@]1(CO[Si](c2ccccc2)(c2ccccc2)C(C)(C)C)O[C@@H](n2cnc3c(NC(=O)CCCCCCCCCCCCC)nc(F)nc32)C[C@@H]1OC(C)=O. The number of carbonyl (C=O) groups is 2. The highest BCUT2D eigenvalue weighted by Crippen LogP contribution is 2.43. The van der Waals surface area contributed by atoms with Crippen molar-refractivity contribution in [2.24, 2.45) is 0 Å². The van der Waals surface area contributed by atoms with Crippen LogP contribution in [0, 0.1) is 18.4 Å². The minimum absolute atomic E-state index is 0.0212. The summed E-state index contributed by atoms with van der Waals surface area (Å²) in [6.45, 7) is 9.92. The number of amides is 1. The van der Waals surface area contributed by atoms with Crippen molar-refractivity contribution in [3.8, 4) is 12.3 Å². The first kappa shape index (κ1) is 42.7. The Kier molecular flexibility index (Phi) is 15.0. The summed E-state index contributed by atoms with van der Waals surface area (Å²) < 4.78 is 36.3. The third-order valence-corrected chi connectivity index (χ3v) is 15.7. The minimum Gasteiger partial charge on any atom is -0.458 e. The van der Waals surface area contributed by atoms with Gasteiger partial charge in [-0.3, -0.25) is 14.2 Å². The molecule has 0 bridgehead atoms. The number of terminal acetylenes is 1. The van der Waals surface area contributed by atoms with E-state index in [1.807, 2.05) is 36.4 Å². The Hall–Kier alpha value is -4.44. The molecule has 1 aliphatic rings. The molecule has 3 heterocycles. The maximum Gasteiger partial charge on any atom is 0.312 e. The molecule has 0 saturated carbocycles. The molecular formula is C44H58FN5O5Si. The molecule has 0 radical (unpaired) electrons. The number of ether oxygens (including phenoxy) is 2. The summed E-state index contributed by atoms with van der Waals surface area (Å²) >= 11 is 0. The molecule has 4 aromatic rings. The number of esters is 1. The van der Waals surface area contributed by atoms with E-state index in [2.05, 4.69) is 78.1 Å². The predicted molar refractivity (Wildman–Crippen MR) is 220 cm³/mol. The summed E-state index contributed by atoms with van der Waals surface area (Å²) in [5.74, 6) is 1.97. The van der Waals surface area contributed by atoms with Crippen molar-refractivity contribution in [1.29, 1.82) is 0 Å². The Labute approximate surface area is 332 Å². The molecule has 2 aromatic heterocycles. The highest BCUT2D eigenvalue weighted by Gasteiger charge is 2.56. The number of halogens is 1. The van der Waals surface area contributed by atoms with Crippen LogP contribution in [0.1, 0.15) is 124 Å². The zero-order chi connectivity index (χ0) is 40.2. The molecule has 1 fully saturated rings. The van der Waals surface area contributed by atoms with Gasteiger partial charge < -0.3 is 19.2 Å². The van der Waals surface area contributed by atoms with Crippen molar-refractivity contribution in [2.75, 3.05) is 11.9 Å². The first-order valence-corrected chi connectivity index (χ1v) is 22.1. The molecule has 56 heavy (non-hydrogen) atoms. The van der Waals surface area contributed by atoms with E-state index in [9.17, 15) is 9.59 Å². The van der Waals surface area contributed by atoms with Gasteiger partial charge in [0, 0.05) is 19.8 Å². The average molecular weight is 784 g/mol. The molecule has 5 rings (SSSR count). The van der Waals surface area contributed by atoms with Crippen molar-refractivity contribution < 1.29 is 27.9 Å². The predicted octanol–water partition coefficient (Wildman–Crippen LogP) is 8.40. The second-order valence-electron chi connectivity index (χ2n) is 15.9. The van der Waals surface area contributed by atoms with E-state index in [0.29, 0.717) is 0 Å². The molecule has 1 aliphatic heterocycles. The highest BCUT2D eigenvalue weighted by molar-refractivity contribution is 6.99. The largest absolute Gasteiger partial charge is 0.458 e. The third kappa shape index (κ3) is 10.1. The normalized spacial score (nSPS) is 18.5. The summed E-state index contributed by atoms with van der Waals surface area (Å²) in [5.41, 5.74) is -1.21. The summed E-state index contributed by atoms with van der Waals surface area (Å²) in [5, 5.41) is 4.49. The molecule has 0 aliphatic carbocycles. The Morgan fingerprint density at radius 2 is 1.52 bits per heavy atom. The summed E-state index contributed by atoms with van der Waals surface area (Å²) in [4.78, 5) is 37.8. The van der Waals surface area contributed by atoms with Crippen LogP contribution in [-0.2, 0) is 23.5 Å². The van der Waals surface area contributed by atoms with E-state index in [1.165, 1.54) is 69.2 Å². The van der Waals surface area contributed by atoms with Gasteiger partial charge >= 0.3 is 12.0 Å². The van der Waals surface area contributed by atoms with Crippen molar-refractivity contribution in [1.82, 2.24) is 19.5 Å². The van der Waals surface area contributed by atoms with E-state index in [4.69, 9.17) is 20.3 Å². The van der Waals surface area contributed by atoms with Crippen molar-refractivity contribution in [3.63, 3.8) is 0 Å². The number of unbranched alkanes of at least 4 members (excludes halogenated alkanes) is 10. The van der Waals surface area contributed by atoms with Gasteiger partial charge in [-0.25, -0.2) is 4.98 Å².